The van der Waals surface area contributed by atoms with Crippen molar-refractivity contribution in [2.75, 3.05) is 21.1 Å². The number of rotatable bonds is 4. The molecule has 0 fully saturated rings. The lowest BCUT2D eigenvalue weighted by Gasteiger charge is -2.05. The quantitative estimate of drug-likeness (QED) is 0.524. The van der Waals surface area contributed by atoms with Crippen molar-refractivity contribution in [2.45, 2.75) is 40.0 Å². The normalized spacial score (nSPS) is 9.74. The Balaban J connectivity index is 0. The third-order valence-electron chi connectivity index (χ3n) is 2.76. The van der Waals surface area contributed by atoms with Crippen molar-refractivity contribution in [3.8, 4) is 11.5 Å². The Hall–Kier alpha value is -1.92. The summed E-state index contributed by atoms with van der Waals surface area (Å²) in [6.45, 7) is 6.31. The van der Waals surface area contributed by atoms with Crippen LogP contribution in [0.2, 0.25) is 0 Å². The summed E-state index contributed by atoms with van der Waals surface area (Å²) in [6, 6.07) is 12.0. The number of azo groups is 1. The van der Waals surface area contributed by atoms with Crippen molar-refractivity contribution in [1.29, 1.82) is 0 Å². The molecule has 27 heavy (non-hydrogen) atoms. The minimum atomic E-state index is 0. The number of para-hydroxylation sites is 1. The van der Waals surface area contributed by atoms with E-state index in [4.69, 9.17) is 0 Å². The van der Waals surface area contributed by atoms with E-state index in [1.807, 2.05) is 32.1 Å². The maximum Gasteiger partial charge on any atom is 0.143 e. The van der Waals surface area contributed by atoms with Crippen LogP contribution in [0.1, 0.15) is 39.2 Å². The molecule has 0 aliphatic heterocycles. The molecule has 2 N–H and O–H groups in total. The van der Waals surface area contributed by atoms with Gasteiger partial charge in [-0.3, -0.25) is 0 Å². The van der Waals surface area contributed by atoms with Gasteiger partial charge in [-0.25, -0.2) is 0 Å². The number of nitrogens with zero attached hydrogens (tertiary/aromatic N) is 3. The first-order valence-corrected chi connectivity index (χ1v) is 8.98. The zero-order valence-corrected chi connectivity index (χ0v) is 19.0. The van der Waals surface area contributed by atoms with E-state index in [-0.39, 0.29) is 28.5 Å². The maximum atomic E-state index is 9.85. The molecule has 0 unspecified atom stereocenters. The molecule has 0 saturated heterocycles. The van der Waals surface area contributed by atoms with Crippen LogP contribution in [-0.4, -0.2) is 36.3 Å². The zero-order valence-electron chi connectivity index (χ0n) is 17.3. The Morgan fingerprint density at radius 2 is 1.33 bits per heavy atom. The second kappa shape index (κ2) is 16.3. The summed E-state index contributed by atoms with van der Waals surface area (Å²) in [5, 5.41) is 27.5. The van der Waals surface area contributed by atoms with Crippen molar-refractivity contribution in [3.63, 3.8) is 0 Å². The van der Waals surface area contributed by atoms with Gasteiger partial charge >= 0.3 is 0 Å². The highest BCUT2D eigenvalue weighted by atomic mass is 79.9. The van der Waals surface area contributed by atoms with Gasteiger partial charge in [0.15, 0.2) is 0 Å². The van der Waals surface area contributed by atoms with Crippen molar-refractivity contribution >= 4 is 28.4 Å². The van der Waals surface area contributed by atoms with Gasteiger partial charge in [0.1, 0.15) is 22.9 Å². The lowest BCUT2D eigenvalue weighted by molar-refractivity contribution is 0.473. The molecule has 2 rings (SSSR count). The summed E-state index contributed by atoms with van der Waals surface area (Å²) >= 11 is 0. The summed E-state index contributed by atoms with van der Waals surface area (Å²) in [7, 11) is 6.00. The van der Waals surface area contributed by atoms with Gasteiger partial charge in [-0.05, 0) is 51.3 Å². The molecule has 0 atom stereocenters. The molecule has 6 heteroatoms. The fourth-order valence-electron chi connectivity index (χ4n) is 1.82. The maximum absolute atomic E-state index is 9.85. The van der Waals surface area contributed by atoms with Crippen molar-refractivity contribution in [2.24, 2.45) is 10.2 Å². The summed E-state index contributed by atoms with van der Waals surface area (Å²) in [6.07, 6.45) is 3.03. The number of halogens is 1. The average Bonchev–Trinajstić information content (AvgIpc) is 2.56. The highest BCUT2D eigenvalue weighted by Crippen LogP contribution is 2.34. The first-order valence-electron chi connectivity index (χ1n) is 8.98. The highest BCUT2D eigenvalue weighted by molar-refractivity contribution is 8.93. The molecule has 0 heterocycles. The number of aromatic hydroxyl groups is 2. The number of phenols is 2. The van der Waals surface area contributed by atoms with E-state index in [0.717, 1.165) is 18.4 Å². The lowest BCUT2D eigenvalue weighted by atomic mass is 10.1. The summed E-state index contributed by atoms with van der Waals surface area (Å²) in [5.74, 6) is 0.170. The van der Waals surface area contributed by atoms with Gasteiger partial charge in [0.05, 0.1) is 0 Å². The minimum Gasteiger partial charge on any atom is -0.506 e. The molecule has 0 aromatic heterocycles. The first-order chi connectivity index (χ1) is 12.4. The summed E-state index contributed by atoms with van der Waals surface area (Å²) < 4.78 is 0. The van der Waals surface area contributed by atoms with Crippen LogP contribution in [0.5, 0.6) is 11.5 Å². The minimum absolute atomic E-state index is 0. The highest BCUT2D eigenvalue weighted by Gasteiger charge is 2.06. The van der Waals surface area contributed by atoms with E-state index in [1.165, 1.54) is 6.42 Å². The van der Waals surface area contributed by atoms with Gasteiger partial charge in [-0.15, -0.1) is 27.2 Å². The van der Waals surface area contributed by atoms with Crippen LogP contribution >= 0.6 is 17.0 Å². The Labute approximate surface area is 174 Å². The van der Waals surface area contributed by atoms with Crippen LogP contribution in [0, 0.1) is 0 Å². The van der Waals surface area contributed by atoms with Gasteiger partial charge in [0.2, 0.25) is 0 Å². The summed E-state index contributed by atoms with van der Waals surface area (Å²) in [4.78, 5) is 2.00. The summed E-state index contributed by atoms with van der Waals surface area (Å²) in [5.41, 5.74) is 1.79. The fourth-order valence-corrected chi connectivity index (χ4v) is 1.82. The van der Waals surface area contributed by atoms with Crippen molar-refractivity contribution < 1.29 is 10.2 Å². The Morgan fingerprint density at radius 3 is 1.85 bits per heavy atom. The largest absolute Gasteiger partial charge is 0.506 e. The van der Waals surface area contributed by atoms with Crippen LogP contribution < -0.4 is 0 Å². The van der Waals surface area contributed by atoms with Gasteiger partial charge in [0, 0.05) is 0 Å². The fraction of sp³-hybridized carbons (Fsp3) is 0.429. The average molecular weight is 440 g/mol. The van der Waals surface area contributed by atoms with E-state index in [1.54, 1.807) is 36.4 Å². The smallest absolute Gasteiger partial charge is 0.143 e. The third kappa shape index (κ3) is 12.2. The van der Waals surface area contributed by atoms with Crippen molar-refractivity contribution in [3.05, 3.63) is 48.0 Å². The molecule has 0 saturated carbocycles. The lowest BCUT2D eigenvalue weighted by Crippen LogP contribution is -1.99. The molecule has 2 aromatic carbocycles. The van der Waals surface area contributed by atoms with E-state index < -0.39 is 0 Å². The van der Waals surface area contributed by atoms with Crippen LogP contribution in [0.25, 0.3) is 0 Å². The zero-order chi connectivity index (χ0) is 19.9. The molecule has 0 bridgehead atoms. The number of hydrogen-bond donors (Lipinski definition) is 2. The van der Waals surface area contributed by atoms with E-state index >= 15 is 0 Å². The van der Waals surface area contributed by atoms with Crippen LogP contribution in [0.3, 0.4) is 0 Å². The van der Waals surface area contributed by atoms with Gasteiger partial charge in [-0.1, -0.05) is 57.9 Å². The van der Waals surface area contributed by atoms with Crippen LogP contribution in [0.4, 0.5) is 11.4 Å². The molecule has 0 radical (unpaired) electrons. The Bertz CT molecular complexity index is 659. The molecule has 0 aliphatic rings. The van der Waals surface area contributed by atoms with E-state index in [2.05, 4.69) is 31.0 Å². The molecular weight excluding hydrogens is 406 g/mol. The standard InChI is InChI=1S/C15H16N2O2.C3H9N.C3H8.BrH/c1-2-6-11-7-5-10-14(19)15(11)17-16-12-8-3-4-9-13(12)18;1-4(2)3;1-3-2;/h3-5,7-10,18-19H,2,6H2,1H3;1-3H3;3H2,1-2H3;1H. The van der Waals surface area contributed by atoms with E-state index in [9.17, 15) is 10.2 Å². The molecular formula is C21H34BrN3O2. The van der Waals surface area contributed by atoms with E-state index in [0.29, 0.717) is 11.4 Å². The second-order valence-corrected chi connectivity index (χ2v) is 6.27. The Kier molecular flexibility index (Phi) is 16.4. The number of aryl methyl sites for hydroxylation is 1. The molecule has 0 amide bonds. The Morgan fingerprint density at radius 1 is 0.815 bits per heavy atom. The second-order valence-electron chi connectivity index (χ2n) is 6.27. The molecule has 2 aromatic rings. The molecule has 152 valence electrons. The number of phenolic OH excluding ortho intramolecular Hbond substituents is 2. The van der Waals surface area contributed by atoms with Gasteiger partial charge < -0.3 is 15.1 Å². The predicted molar refractivity (Wildman–Crippen MR) is 120 cm³/mol. The van der Waals surface area contributed by atoms with Crippen molar-refractivity contribution in [1.82, 2.24) is 4.90 Å². The van der Waals surface area contributed by atoms with Crippen LogP contribution in [0.15, 0.2) is 52.7 Å². The third-order valence-corrected chi connectivity index (χ3v) is 2.76. The predicted octanol–water partition coefficient (Wildman–Crippen LogP) is 6.64. The topological polar surface area (TPSA) is 68.4 Å². The molecule has 0 spiro atoms. The molecule has 5 nitrogen and oxygen atoms in total. The monoisotopic (exact) mass is 439 g/mol. The first kappa shape index (κ1) is 27.3. The number of benzene rings is 2. The number of hydrogen-bond acceptors (Lipinski definition) is 5. The van der Waals surface area contributed by atoms with Gasteiger partial charge in [0.25, 0.3) is 0 Å². The molecule has 0 aliphatic carbocycles. The SMILES string of the molecule is Br.CCC.CCCc1cccc(O)c1N=Nc1ccccc1O.CN(C)C. The van der Waals surface area contributed by atoms with Gasteiger partial charge in [-0.2, -0.15) is 0 Å². The van der Waals surface area contributed by atoms with Crippen LogP contribution in [-0.2, 0) is 6.42 Å².